The van der Waals surface area contributed by atoms with Crippen molar-refractivity contribution in [3.8, 4) is 0 Å². The Labute approximate surface area is 79.1 Å². The van der Waals surface area contributed by atoms with Crippen molar-refractivity contribution in [2.75, 3.05) is 0 Å². The fraction of sp³-hybridized carbons (Fsp3) is 0.250. The SMILES string of the molecule is OCc1ccc(Br)cc1CCl. The molecule has 1 N–H and O–H groups in total. The fourth-order valence-corrected chi connectivity index (χ4v) is 1.53. The molecule has 0 fully saturated rings. The molecule has 1 aromatic carbocycles. The van der Waals surface area contributed by atoms with Gasteiger partial charge in [-0.25, -0.2) is 0 Å². The number of rotatable bonds is 2. The third kappa shape index (κ3) is 2.19. The van der Waals surface area contributed by atoms with Gasteiger partial charge in [0.1, 0.15) is 0 Å². The van der Waals surface area contributed by atoms with Crippen molar-refractivity contribution >= 4 is 27.5 Å². The summed E-state index contributed by atoms with van der Waals surface area (Å²) in [5, 5.41) is 8.87. The van der Waals surface area contributed by atoms with Gasteiger partial charge >= 0.3 is 0 Å². The van der Waals surface area contributed by atoms with Gasteiger partial charge in [-0.15, -0.1) is 11.6 Å². The molecule has 11 heavy (non-hydrogen) atoms. The van der Waals surface area contributed by atoms with Gasteiger partial charge < -0.3 is 5.11 Å². The Morgan fingerprint density at radius 2 is 2.09 bits per heavy atom. The first-order chi connectivity index (χ1) is 5.27. The molecule has 0 bridgehead atoms. The first-order valence-electron chi connectivity index (χ1n) is 3.22. The van der Waals surface area contributed by atoms with E-state index in [0.29, 0.717) is 5.88 Å². The second-order valence-corrected chi connectivity index (χ2v) is 3.39. The number of hydrogen-bond acceptors (Lipinski definition) is 1. The van der Waals surface area contributed by atoms with E-state index in [-0.39, 0.29) is 6.61 Å². The summed E-state index contributed by atoms with van der Waals surface area (Å²) in [7, 11) is 0. The lowest BCUT2D eigenvalue weighted by Crippen LogP contribution is -1.90. The Morgan fingerprint density at radius 3 is 2.64 bits per heavy atom. The van der Waals surface area contributed by atoms with E-state index in [0.717, 1.165) is 15.6 Å². The lowest BCUT2D eigenvalue weighted by Gasteiger charge is -2.03. The van der Waals surface area contributed by atoms with Gasteiger partial charge in [-0.1, -0.05) is 22.0 Å². The molecule has 0 saturated carbocycles. The summed E-state index contributed by atoms with van der Waals surface area (Å²) < 4.78 is 0.991. The van der Waals surface area contributed by atoms with Crippen molar-refractivity contribution < 1.29 is 5.11 Å². The van der Waals surface area contributed by atoms with E-state index in [1.165, 1.54) is 0 Å². The van der Waals surface area contributed by atoms with Gasteiger partial charge in [-0.2, -0.15) is 0 Å². The average Bonchev–Trinajstić information content (AvgIpc) is 2.04. The highest BCUT2D eigenvalue weighted by molar-refractivity contribution is 9.10. The predicted octanol–water partition coefficient (Wildman–Crippen LogP) is 2.68. The van der Waals surface area contributed by atoms with E-state index in [1.54, 1.807) is 0 Å². The lowest BCUT2D eigenvalue weighted by molar-refractivity contribution is 0.281. The van der Waals surface area contributed by atoms with Crippen LogP contribution in [-0.4, -0.2) is 5.11 Å². The predicted molar refractivity (Wildman–Crippen MR) is 49.6 cm³/mol. The molecule has 0 heterocycles. The molecule has 0 atom stereocenters. The molecule has 1 aromatic rings. The number of aliphatic hydroxyl groups excluding tert-OH is 1. The molecule has 0 radical (unpaired) electrons. The summed E-state index contributed by atoms with van der Waals surface area (Å²) in [4.78, 5) is 0. The number of halogens is 2. The van der Waals surface area contributed by atoms with Crippen molar-refractivity contribution in [2.45, 2.75) is 12.5 Å². The third-order valence-corrected chi connectivity index (χ3v) is 2.26. The van der Waals surface area contributed by atoms with Crippen LogP contribution in [0.25, 0.3) is 0 Å². The van der Waals surface area contributed by atoms with Crippen molar-refractivity contribution in [1.29, 1.82) is 0 Å². The van der Waals surface area contributed by atoms with Gasteiger partial charge in [0.2, 0.25) is 0 Å². The van der Waals surface area contributed by atoms with Crippen LogP contribution in [-0.2, 0) is 12.5 Å². The van der Waals surface area contributed by atoms with Crippen LogP contribution in [0.2, 0.25) is 0 Å². The van der Waals surface area contributed by atoms with Crippen LogP contribution in [0.3, 0.4) is 0 Å². The smallest absolute Gasteiger partial charge is 0.0684 e. The molecule has 0 aliphatic heterocycles. The molecule has 1 nitrogen and oxygen atoms in total. The first-order valence-corrected chi connectivity index (χ1v) is 4.55. The molecule has 0 unspecified atom stereocenters. The number of hydrogen-bond donors (Lipinski definition) is 1. The van der Waals surface area contributed by atoms with E-state index >= 15 is 0 Å². The minimum Gasteiger partial charge on any atom is -0.392 e. The zero-order valence-electron chi connectivity index (χ0n) is 5.85. The van der Waals surface area contributed by atoms with Crippen LogP contribution in [0.5, 0.6) is 0 Å². The molecular formula is C8H8BrClO. The Hall–Kier alpha value is -0.0500. The molecule has 0 spiro atoms. The van der Waals surface area contributed by atoms with E-state index < -0.39 is 0 Å². The summed E-state index contributed by atoms with van der Waals surface area (Å²) in [5.74, 6) is 0.440. The van der Waals surface area contributed by atoms with Crippen molar-refractivity contribution in [3.63, 3.8) is 0 Å². The Balaban J connectivity index is 3.06. The zero-order valence-corrected chi connectivity index (χ0v) is 8.19. The molecule has 1 rings (SSSR count). The quantitative estimate of drug-likeness (QED) is 0.782. The monoisotopic (exact) mass is 234 g/mol. The Morgan fingerprint density at radius 1 is 1.36 bits per heavy atom. The molecule has 0 aliphatic rings. The topological polar surface area (TPSA) is 20.2 Å². The minimum atomic E-state index is 0.0509. The summed E-state index contributed by atoms with van der Waals surface area (Å²) in [5.41, 5.74) is 1.87. The van der Waals surface area contributed by atoms with Gasteiger partial charge in [0, 0.05) is 10.4 Å². The van der Waals surface area contributed by atoms with Gasteiger partial charge in [-0.05, 0) is 23.3 Å². The maximum Gasteiger partial charge on any atom is 0.0684 e. The molecular weight excluding hydrogens is 227 g/mol. The molecule has 0 saturated heterocycles. The third-order valence-electron chi connectivity index (χ3n) is 1.48. The maximum absolute atomic E-state index is 8.87. The molecule has 60 valence electrons. The average molecular weight is 236 g/mol. The zero-order chi connectivity index (χ0) is 8.27. The van der Waals surface area contributed by atoms with Gasteiger partial charge in [0.15, 0.2) is 0 Å². The standard InChI is InChI=1S/C8H8BrClO/c9-8-2-1-6(5-11)7(3-8)4-10/h1-3,11H,4-5H2. The van der Waals surface area contributed by atoms with Crippen molar-refractivity contribution in [2.24, 2.45) is 0 Å². The van der Waals surface area contributed by atoms with E-state index in [1.807, 2.05) is 18.2 Å². The highest BCUT2D eigenvalue weighted by Crippen LogP contribution is 2.18. The van der Waals surface area contributed by atoms with Crippen LogP contribution in [0.15, 0.2) is 22.7 Å². The normalized spacial score (nSPS) is 10.1. The van der Waals surface area contributed by atoms with Gasteiger partial charge in [0.05, 0.1) is 6.61 Å². The summed E-state index contributed by atoms with van der Waals surface area (Å²) in [6.45, 7) is 0.0509. The van der Waals surface area contributed by atoms with E-state index in [9.17, 15) is 0 Å². The summed E-state index contributed by atoms with van der Waals surface area (Å²) in [6, 6.07) is 5.67. The number of alkyl halides is 1. The summed E-state index contributed by atoms with van der Waals surface area (Å²) in [6.07, 6.45) is 0. The van der Waals surface area contributed by atoms with Crippen LogP contribution in [0.4, 0.5) is 0 Å². The van der Waals surface area contributed by atoms with Gasteiger partial charge in [0.25, 0.3) is 0 Å². The lowest BCUT2D eigenvalue weighted by atomic mass is 10.1. The Kier molecular flexibility index (Phi) is 3.37. The second kappa shape index (κ2) is 4.10. The Bertz CT molecular complexity index is 250. The van der Waals surface area contributed by atoms with Crippen LogP contribution in [0.1, 0.15) is 11.1 Å². The molecule has 0 amide bonds. The highest BCUT2D eigenvalue weighted by atomic mass is 79.9. The van der Waals surface area contributed by atoms with Gasteiger partial charge in [-0.3, -0.25) is 0 Å². The van der Waals surface area contributed by atoms with Crippen LogP contribution < -0.4 is 0 Å². The summed E-state index contributed by atoms with van der Waals surface area (Å²) >= 11 is 8.98. The molecule has 0 aromatic heterocycles. The first kappa shape index (κ1) is 9.04. The molecule has 3 heteroatoms. The highest BCUT2D eigenvalue weighted by Gasteiger charge is 1.99. The maximum atomic E-state index is 8.87. The largest absolute Gasteiger partial charge is 0.392 e. The molecule has 0 aliphatic carbocycles. The van der Waals surface area contributed by atoms with E-state index in [2.05, 4.69) is 15.9 Å². The van der Waals surface area contributed by atoms with Crippen LogP contribution >= 0.6 is 27.5 Å². The van der Waals surface area contributed by atoms with Crippen LogP contribution in [0, 0.1) is 0 Å². The van der Waals surface area contributed by atoms with E-state index in [4.69, 9.17) is 16.7 Å². The fourth-order valence-electron chi connectivity index (χ4n) is 0.873. The minimum absolute atomic E-state index is 0.0509. The van der Waals surface area contributed by atoms with Crippen molar-refractivity contribution in [1.82, 2.24) is 0 Å². The number of benzene rings is 1. The number of aliphatic hydroxyl groups is 1. The van der Waals surface area contributed by atoms with Crippen molar-refractivity contribution in [3.05, 3.63) is 33.8 Å². The second-order valence-electron chi connectivity index (χ2n) is 2.20.